The zero-order chi connectivity index (χ0) is 18.4. The quantitative estimate of drug-likeness (QED) is 0.790. The molecule has 1 fully saturated rings. The van der Waals surface area contributed by atoms with Crippen LogP contribution in [0, 0.1) is 5.82 Å². The Hall–Kier alpha value is -2.34. The molecular formula is C20H21FN2O2S. The molecule has 0 spiro atoms. The molecule has 0 aliphatic carbocycles. The van der Waals surface area contributed by atoms with E-state index in [2.05, 4.69) is 5.32 Å². The van der Waals surface area contributed by atoms with Gasteiger partial charge in [0.05, 0.1) is 11.3 Å². The van der Waals surface area contributed by atoms with Gasteiger partial charge in [-0.15, -0.1) is 11.8 Å². The fourth-order valence-corrected chi connectivity index (χ4v) is 3.81. The Morgan fingerprint density at radius 3 is 2.46 bits per heavy atom. The van der Waals surface area contributed by atoms with E-state index in [0.29, 0.717) is 17.9 Å². The molecule has 1 heterocycles. The van der Waals surface area contributed by atoms with Crippen LogP contribution >= 0.6 is 11.8 Å². The Balaban J connectivity index is 1.59. The SMILES string of the molecule is O=C(NCc1ccc(F)cc1)c1ccccc1SCC(=O)N1CCCC1. The van der Waals surface area contributed by atoms with Crippen molar-refractivity contribution < 1.29 is 14.0 Å². The minimum atomic E-state index is -0.301. The molecule has 1 aliphatic rings. The topological polar surface area (TPSA) is 49.4 Å². The Morgan fingerprint density at radius 1 is 1.04 bits per heavy atom. The van der Waals surface area contributed by atoms with Crippen molar-refractivity contribution in [2.24, 2.45) is 0 Å². The third-order valence-electron chi connectivity index (χ3n) is 4.31. The van der Waals surface area contributed by atoms with E-state index in [0.717, 1.165) is 36.4 Å². The number of amides is 2. The first-order valence-electron chi connectivity index (χ1n) is 8.66. The molecule has 2 amide bonds. The summed E-state index contributed by atoms with van der Waals surface area (Å²) in [5.74, 6) is -0.0491. The highest BCUT2D eigenvalue weighted by Gasteiger charge is 2.19. The van der Waals surface area contributed by atoms with E-state index in [1.165, 1.54) is 23.9 Å². The highest BCUT2D eigenvalue weighted by molar-refractivity contribution is 8.00. The summed E-state index contributed by atoms with van der Waals surface area (Å²) in [5.41, 5.74) is 1.38. The lowest BCUT2D eigenvalue weighted by Gasteiger charge is -2.15. The van der Waals surface area contributed by atoms with Crippen LogP contribution < -0.4 is 5.32 Å². The summed E-state index contributed by atoms with van der Waals surface area (Å²) in [7, 11) is 0. The van der Waals surface area contributed by atoms with Crippen molar-refractivity contribution >= 4 is 23.6 Å². The van der Waals surface area contributed by atoms with Gasteiger partial charge in [-0.1, -0.05) is 24.3 Å². The molecule has 1 N–H and O–H groups in total. The molecule has 0 aromatic heterocycles. The first-order valence-corrected chi connectivity index (χ1v) is 9.64. The van der Waals surface area contributed by atoms with Gasteiger partial charge in [0, 0.05) is 24.5 Å². The maximum absolute atomic E-state index is 12.9. The van der Waals surface area contributed by atoms with Crippen molar-refractivity contribution in [3.05, 3.63) is 65.5 Å². The molecule has 0 saturated carbocycles. The zero-order valence-corrected chi connectivity index (χ0v) is 15.2. The number of nitrogens with one attached hydrogen (secondary N) is 1. The van der Waals surface area contributed by atoms with Gasteiger partial charge in [-0.3, -0.25) is 9.59 Å². The first-order chi connectivity index (χ1) is 12.6. The van der Waals surface area contributed by atoms with Crippen molar-refractivity contribution in [1.29, 1.82) is 0 Å². The standard InChI is InChI=1S/C20H21FN2O2S/c21-16-9-7-15(8-10-16)13-22-20(25)17-5-1-2-6-18(17)26-14-19(24)23-11-3-4-12-23/h1-2,5-10H,3-4,11-14H2,(H,22,25). The van der Waals surface area contributed by atoms with E-state index < -0.39 is 0 Å². The van der Waals surface area contributed by atoms with Crippen LogP contribution in [0.15, 0.2) is 53.4 Å². The van der Waals surface area contributed by atoms with E-state index in [-0.39, 0.29) is 17.6 Å². The largest absolute Gasteiger partial charge is 0.348 e. The fraction of sp³-hybridized carbons (Fsp3) is 0.300. The number of benzene rings is 2. The minimum absolute atomic E-state index is 0.119. The number of carbonyl (C=O) groups excluding carboxylic acids is 2. The molecule has 2 aromatic carbocycles. The van der Waals surface area contributed by atoms with Crippen LogP contribution in [0.4, 0.5) is 4.39 Å². The number of hydrogen-bond acceptors (Lipinski definition) is 3. The molecule has 0 radical (unpaired) electrons. The lowest BCUT2D eigenvalue weighted by molar-refractivity contribution is -0.127. The van der Waals surface area contributed by atoms with Crippen molar-refractivity contribution in [1.82, 2.24) is 10.2 Å². The van der Waals surface area contributed by atoms with E-state index >= 15 is 0 Å². The van der Waals surface area contributed by atoms with Gasteiger partial charge in [-0.2, -0.15) is 0 Å². The summed E-state index contributed by atoms with van der Waals surface area (Å²) in [6.45, 7) is 1.99. The van der Waals surface area contributed by atoms with Gasteiger partial charge in [0.15, 0.2) is 0 Å². The molecule has 6 heteroatoms. The second-order valence-electron chi connectivity index (χ2n) is 6.18. The van der Waals surface area contributed by atoms with Crippen LogP contribution in [-0.2, 0) is 11.3 Å². The summed E-state index contributed by atoms with van der Waals surface area (Å²) >= 11 is 1.39. The van der Waals surface area contributed by atoms with Gasteiger partial charge in [-0.05, 0) is 42.7 Å². The third kappa shape index (κ3) is 4.85. The van der Waals surface area contributed by atoms with Crippen LogP contribution in [0.2, 0.25) is 0 Å². The molecule has 1 saturated heterocycles. The van der Waals surface area contributed by atoms with Crippen molar-refractivity contribution in [2.45, 2.75) is 24.3 Å². The molecule has 0 atom stereocenters. The van der Waals surface area contributed by atoms with Crippen LogP contribution in [0.1, 0.15) is 28.8 Å². The maximum atomic E-state index is 12.9. The van der Waals surface area contributed by atoms with Gasteiger partial charge < -0.3 is 10.2 Å². The van der Waals surface area contributed by atoms with Gasteiger partial charge in [0.2, 0.25) is 5.91 Å². The number of hydrogen-bond donors (Lipinski definition) is 1. The average Bonchev–Trinajstić information content (AvgIpc) is 3.20. The summed E-state index contributed by atoms with van der Waals surface area (Å²) < 4.78 is 12.9. The Bertz CT molecular complexity index is 774. The van der Waals surface area contributed by atoms with Gasteiger partial charge >= 0.3 is 0 Å². The van der Waals surface area contributed by atoms with E-state index in [1.807, 2.05) is 17.0 Å². The number of carbonyl (C=O) groups is 2. The first kappa shape index (κ1) is 18.5. The number of nitrogens with zero attached hydrogens (tertiary/aromatic N) is 1. The molecule has 4 nitrogen and oxygen atoms in total. The van der Waals surface area contributed by atoms with E-state index in [4.69, 9.17) is 0 Å². The average molecular weight is 372 g/mol. The molecule has 136 valence electrons. The third-order valence-corrected chi connectivity index (χ3v) is 5.37. The summed E-state index contributed by atoms with van der Waals surface area (Å²) in [5, 5.41) is 2.85. The summed E-state index contributed by atoms with van der Waals surface area (Å²) in [6.07, 6.45) is 2.14. The van der Waals surface area contributed by atoms with Gasteiger partial charge in [0.25, 0.3) is 5.91 Å². The van der Waals surface area contributed by atoms with E-state index in [9.17, 15) is 14.0 Å². The van der Waals surface area contributed by atoms with Gasteiger partial charge in [-0.25, -0.2) is 4.39 Å². The summed E-state index contributed by atoms with van der Waals surface area (Å²) in [6, 6.07) is 13.3. The van der Waals surface area contributed by atoms with Crippen LogP contribution in [-0.4, -0.2) is 35.6 Å². The highest BCUT2D eigenvalue weighted by atomic mass is 32.2. The van der Waals surface area contributed by atoms with Crippen LogP contribution in [0.5, 0.6) is 0 Å². The van der Waals surface area contributed by atoms with Crippen molar-refractivity contribution in [2.75, 3.05) is 18.8 Å². The Kier molecular flexibility index (Phi) is 6.28. The predicted octanol–water partition coefficient (Wildman–Crippen LogP) is 3.47. The molecule has 1 aliphatic heterocycles. The molecule has 0 bridgehead atoms. The monoisotopic (exact) mass is 372 g/mol. The Labute approximate surface area is 156 Å². The Morgan fingerprint density at radius 2 is 1.73 bits per heavy atom. The van der Waals surface area contributed by atoms with E-state index in [1.54, 1.807) is 24.3 Å². The maximum Gasteiger partial charge on any atom is 0.252 e. The fourth-order valence-electron chi connectivity index (χ4n) is 2.86. The van der Waals surface area contributed by atoms with Crippen molar-refractivity contribution in [3.8, 4) is 0 Å². The van der Waals surface area contributed by atoms with Gasteiger partial charge in [0.1, 0.15) is 5.82 Å². The molecular weight excluding hydrogens is 351 g/mol. The molecule has 3 rings (SSSR count). The minimum Gasteiger partial charge on any atom is -0.348 e. The van der Waals surface area contributed by atoms with Crippen molar-refractivity contribution in [3.63, 3.8) is 0 Å². The number of rotatable bonds is 6. The zero-order valence-electron chi connectivity index (χ0n) is 14.4. The number of likely N-dealkylation sites (tertiary alicyclic amines) is 1. The lowest BCUT2D eigenvalue weighted by Crippen LogP contribution is -2.29. The van der Waals surface area contributed by atoms with Crippen LogP contribution in [0.3, 0.4) is 0 Å². The smallest absolute Gasteiger partial charge is 0.252 e. The normalized spacial score (nSPS) is 13.7. The second-order valence-corrected chi connectivity index (χ2v) is 7.20. The van der Waals surface area contributed by atoms with Crippen LogP contribution in [0.25, 0.3) is 0 Å². The predicted molar refractivity (Wildman–Crippen MR) is 101 cm³/mol. The lowest BCUT2D eigenvalue weighted by atomic mass is 10.2. The summed E-state index contributed by atoms with van der Waals surface area (Å²) in [4.78, 5) is 27.4. The number of thioether (sulfide) groups is 1. The molecule has 0 unspecified atom stereocenters. The number of halogens is 1. The molecule has 2 aromatic rings. The molecule has 26 heavy (non-hydrogen) atoms. The highest BCUT2D eigenvalue weighted by Crippen LogP contribution is 2.24. The second kappa shape index (κ2) is 8.85.